The second-order valence-corrected chi connectivity index (χ2v) is 6.73. The molecule has 0 spiro atoms. The summed E-state index contributed by atoms with van der Waals surface area (Å²) in [4.78, 5) is 12.3. The lowest BCUT2D eigenvalue weighted by Gasteiger charge is -2.21. The van der Waals surface area contributed by atoms with Crippen LogP contribution in [-0.2, 0) is 12.8 Å². The van der Waals surface area contributed by atoms with Gasteiger partial charge in [-0.15, -0.1) is 0 Å². The van der Waals surface area contributed by atoms with Gasteiger partial charge in [0.25, 0.3) is 5.91 Å². The van der Waals surface area contributed by atoms with Gasteiger partial charge in [0.2, 0.25) is 0 Å². The number of aryl methyl sites for hydroxylation is 1. The van der Waals surface area contributed by atoms with Gasteiger partial charge in [-0.25, -0.2) is 5.43 Å². The van der Waals surface area contributed by atoms with Gasteiger partial charge in [0.05, 0.1) is 0 Å². The van der Waals surface area contributed by atoms with Gasteiger partial charge in [0.15, 0.2) is 0 Å². The summed E-state index contributed by atoms with van der Waals surface area (Å²) in [6.07, 6.45) is 2.10. The largest absolute Gasteiger partial charge is 0.287 e. The highest BCUT2D eigenvalue weighted by Crippen LogP contribution is 2.31. The average Bonchev–Trinajstić information content (AvgIpc) is 2.68. The summed E-state index contributed by atoms with van der Waals surface area (Å²) < 4.78 is 0. The standard InChI is InChI=1S/C16H24N2O/c1-10-8-13-11(2)6-7-12(14(13)9-10)15(19)17-18-16(3,4)5/h6-7,10,18H,8-9H2,1-5H3,(H,17,19). The predicted molar refractivity (Wildman–Crippen MR) is 78.1 cm³/mol. The molecule has 1 unspecified atom stereocenters. The molecule has 0 aliphatic heterocycles. The molecule has 2 rings (SSSR count). The van der Waals surface area contributed by atoms with E-state index in [4.69, 9.17) is 0 Å². The van der Waals surface area contributed by atoms with Crippen molar-refractivity contribution in [2.75, 3.05) is 0 Å². The molecule has 1 aromatic rings. The van der Waals surface area contributed by atoms with Gasteiger partial charge in [-0.1, -0.05) is 13.0 Å². The van der Waals surface area contributed by atoms with E-state index in [0.717, 1.165) is 18.4 Å². The van der Waals surface area contributed by atoms with Crippen LogP contribution in [0, 0.1) is 12.8 Å². The number of nitrogens with one attached hydrogen (secondary N) is 2. The molecule has 0 saturated heterocycles. The maximum absolute atomic E-state index is 12.3. The molecule has 0 aromatic heterocycles. The van der Waals surface area contributed by atoms with E-state index >= 15 is 0 Å². The van der Waals surface area contributed by atoms with Gasteiger partial charge < -0.3 is 0 Å². The van der Waals surface area contributed by atoms with Gasteiger partial charge in [-0.05, 0) is 69.2 Å². The number of fused-ring (bicyclic) bond motifs is 1. The molecule has 2 N–H and O–H groups in total. The van der Waals surface area contributed by atoms with Gasteiger partial charge in [0, 0.05) is 11.1 Å². The van der Waals surface area contributed by atoms with Crippen molar-refractivity contribution in [1.29, 1.82) is 0 Å². The Morgan fingerprint density at radius 1 is 1.21 bits per heavy atom. The van der Waals surface area contributed by atoms with Crippen molar-refractivity contribution in [3.8, 4) is 0 Å². The molecule has 1 amide bonds. The molecular weight excluding hydrogens is 236 g/mol. The zero-order valence-corrected chi connectivity index (χ0v) is 12.6. The lowest BCUT2D eigenvalue weighted by Crippen LogP contribution is -2.48. The van der Waals surface area contributed by atoms with Crippen LogP contribution in [0.1, 0.15) is 54.7 Å². The average molecular weight is 260 g/mol. The van der Waals surface area contributed by atoms with E-state index in [9.17, 15) is 4.79 Å². The highest BCUT2D eigenvalue weighted by Gasteiger charge is 2.25. The van der Waals surface area contributed by atoms with Crippen LogP contribution < -0.4 is 10.9 Å². The maximum Gasteiger partial charge on any atom is 0.265 e. The van der Waals surface area contributed by atoms with Crippen LogP contribution in [-0.4, -0.2) is 11.4 Å². The molecule has 104 valence electrons. The number of hydrazine groups is 1. The first-order chi connectivity index (χ1) is 8.78. The minimum atomic E-state index is -0.128. The number of carbonyl (C=O) groups excluding carboxylic acids is 1. The molecule has 0 fully saturated rings. The quantitative estimate of drug-likeness (QED) is 0.803. The fraction of sp³-hybridized carbons (Fsp3) is 0.562. The van der Waals surface area contributed by atoms with Crippen LogP contribution in [0.5, 0.6) is 0 Å². The van der Waals surface area contributed by atoms with E-state index in [1.807, 2.05) is 26.8 Å². The molecule has 3 nitrogen and oxygen atoms in total. The monoisotopic (exact) mass is 260 g/mol. The van der Waals surface area contributed by atoms with Crippen molar-refractivity contribution < 1.29 is 4.79 Å². The van der Waals surface area contributed by atoms with Crippen molar-refractivity contribution in [1.82, 2.24) is 10.9 Å². The Balaban J connectivity index is 2.22. The van der Waals surface area contributed by atoms with Crippen molar-refractivity contribution in [2.24, 2.45) is 5.92 Å². The normalized spacial score (nSPS) is 18.3. The maximum atomic E-state index is 12.3. The summed E-state index contributed by atoms with van der Waals surface area (Å²) in [5.74, 6) is 0.610. The Kier molecular flexibility index (Phi) is 3.68. The van der Waals surface area contributed by atoms with Crippen molar-refractivity contribution in [3.05, 3.63) is 34.4 Å². The zero-order chi connectivity index (χ0) is 14.2. The van der Waals surface area contributed by atoms with Gasteiger partial charge in [-0.3, -0.25) is 10.2 Å². The first-order valence-electron chi connectivity index (χ1n) is 6.97. The number of hydrogen-bond acceptors (Lipinski definition) is 2. The Labute approximate surface area is 115 Å². The van der Waals surface area contributed by atoms with E-state index in [-0.39, 0.29) is 11.4 Å². The zero-order valence-electron chi connectivity index (χ0n) is 12.6. The Hall–Kier alpha value is -1.35. The van der Waals surface area contributed by atoms with Crippen LogP contribution in [0.4, 0.5) is 0 Å². The first kappa shape index (κ1) is 14.1. The summed E-state index contributed by atoms with van der Waals surface area (Å²) in [5, 5.41) is 0. The fourth-order valence-electron chi connectivity index (χ4n) is 2.62. The Morgan fingerprint density at radius 2 is 1.84 bits per heavy atom. The second kappa shape index (κ2) is 4.97. The molecule has 1 atom stereocenters. The SMILES string of the molecule is Cc1ccc(C(=O)NNC(C)(C)C)c2c1CC(C)C2. The van der Waals surface area contributed by atoms with Crippen molar-refractivity contribution in [2.45, 2.75) is 53.0 Å². The lowest BCUT2D eigenvalue weighted by molar-refractivity contribution is 0.0913. The van der Waals surface area contributed by atoms with Crippen molar-refractivity contribution in [3.63, 3.8) is 0 Å². The third-order valence-corrected chi connectivity index (χ3v) is 3.57. The fourth-order valence-corrected chi connectivity index (χ4v) is 2.62. The molecule has 19 heavy (non-hydrogen) atoms. The third-order valence-electron chi connectivity index (χ3n) is 3.57. The van der Waals surface area contributed by atoms with Gasteiger partial charge in [0.1, 0.15) is 0 Å². The van der Waals surface area contributed by atoms with E-state index in [0.29, 0.717) is 5.92 Å². The minimum absolute atomic E-state index is 0.0275. The number of hydrogen-bond donors (Lipinski definition) is 2. The molecule has 0 radical (unpaired) electrons. The molecule has 0 bridgehead atoms. The molecule has 0 saturated carbocycles. The number of carbonyl (C=O) groups is 1. The third kappa shape index (κ3) is 3.16. The highest BCUT2D eigenvalue weighted by molar-refractivity contribution is 5.96. The van der Waals surface area contributed by atoms with Gasteiger partial charge in [-0.2, -0.15) is 0 Å². The van der Waals surface area contributed by atoms with Crippen molar-refractivity contribution >= 4 is 5.91 Å². The van der Waals surface area contributed by atoms with E-state index in [2.05, 4.69) is 30.8 Å². The molecule has 3 heteroatoms. The predicted octanol–water partition coefficient (Wildman–Crippen LogP) is 2.76. The van der Waals surface area contributed by atoms with Gasteiger partial charge >= 0.3 is 0 Å². The van der Waals surface area contributed by atoms with Crippen LogP contribution in [0.15, 0.2) is 12.1 Å². The summed E-state index contributed by atoms with van der Waals surface area (Å²) >= 11 is 0. The molecule has 1 aliphatic rings. The number of benzene rings is 1. The number of rotatable bonds is 2. The molecule has 0 heterocycles. The van der Waals surface area contributed by atoms with Crippen LogP contribution >= 0.6 is 0 Å². The van der Waals surface area contributed by atoms with Crippen LogP contribution in [0.3, 0.4) is 0 Å². The van der Waals surface area contributed by atoms with Crippen LogP contribution in [0.25, 0.3) is 0 Å². The Morgan fingerprint density at radius 3 is 2.47 bits per heavy atom. The Bertz CT molecular complexity index is 500. The number of amides is 1. The van der Waals surface area contributed by atoms with E-state index in [1.165, 1.54) is 16.7 Å². The van der Waals surface area contributed by atoms with Crippen LogP contribution in [0.2, 0.25) is 0 Å². The molecular formula is C16H24N2O. The lowest BCUT2D eigenvalue weighted by atomic mass is 9.98. The molecule has 1 aliphatic carbocycles. The van der Waals surface area contributed by atoms with E-state index < -0.39 is 0 Å². The first-order valence-corrected chi connectivity index (χ1v) is 6.97. The smallest absolute Gasteiger partial charge is 0.265 e. The summed E-state index contributed by atoms with van der Waals surface area (Å²) in [5.41, 5.74) is 10.5. The summed E-state index contributed by atoms with van der Waals surface area (Å²) in [6, 6.07) is 4.01. The topological polar surface area (TPSA) is 41.1 Å². The minimum Gasteiger partial charge on any atom is -0.287 e. The summed E-state index contributed by atoms with van der Waals surface area (Å²) in [7, 11) is 0. The van der Waals surface area contributed by atoms with E-state index in [1.54, 1.807) is 0 Å². The second-order valence-electron chi connectivity index (χ2n) is 6.73. The highest BCUT2D eigenvalue weighted by atomic mass is 16.2. The summed E-state index contributed by atoms with van der Waals surface area (Å²) in [6.45, 7) is 10.4. The molecule has 1 aromatic carbocycles.